The molecule has 2 saturated carbocycles. The van der Waals surface area contributed by atoms with E-state index in [1.807, 2.05) is 43.3 Å². The second-order valence-electron chi connectivity index (χ2n) is 11.2. The number of aliphatic carboxylic acids is 1. The van der Waals surface area contributed by atoms with Crippen LogP contribution in [0.25, 0.3) is 0 Å². The number of hydrogen-bond acceptors (Lipinski definition) is 9. The second-order valence-corrected chi connectivity index (χ2v) is 11.2. The largest absolute Gasteiger partial charge is 0.493 e. The fraction of sp³-hybridized carbons (Fsp3) is 0.562. The van der Waals surface area contributed by atoms with Gasteiger partial charge in [-0.3, -0.25) is 9.59 Å². The van der Waals surface area contributed by atoms with Gasteiger partial charge in [0.25, 0.3) is 0 Å². The summed E-state index contributed by atoms with van der Waals surface area (Å²) in [6.45, 7) is 6.57. The molecule has 1 N–H and O–H groups in total. The third-order valence-electron chi connectivity index (χ3n) is 8.08. The summed E-state index contributed by atoms with van der Waals surface area (Å²) in [5, 5.41) is 8.98. The zero-order valence-electron chi connectivity index (χ0n) is 24.4. The topological polar surface area (TPSA) is 119 Å². The molecular formula is C32H40O10. The predicted molar refractivity (Wildman–Crippen MR) is 152 cm³/mol. The number of benzene rings is 2. The van der Waals surface area contributed by atoms with Gasteiger partial charge in [-0.1, -0.05) is 12.1 Å². The number of carbonyl (C=O) groups excluding carboxylic acids is 1. The van der Waals surface area contributed by atoms with Crippen molar-refractivity contribution in [1.82, 2.24) is 0 Å². The van der Waals surface area contributed by atoms with Gasteiger partial charge in [0.15, 0.2) is 23.0 Å². The van der Waals surface area contributed by atoms with E-state index in [9.17, 15) is 9.59 Å². The Morgan fingerprint density at radius 3 is 1.62 bits per heavy atom. The number of esters is 1. The molecule has 228 valence electrons. The lowest BCUT2D eigenvalue weighted by atomic mass is 10.1. The standard InChI is InChI=1S/C17H22O5.C15H18O5/c1-3-21-17(18)14-7-13(14)12-4-5-15(16(6-12)19-2)22-10-11-8-20-9-11;1-18-14-4-10(11-5-12(11)15(16)17)2-3-13(14)20-8-9-6-19-7-9/h4-6,11,13-14H,3,7-10H2,1-2H3;2-4,9,11-12H,5-8H2,1H3,(H,16,17). The molecule has 6 rings (SSSR count). The van der Waals surface area contributed by atoms with Crippen molar-refractivity contribution < 1.29 is 47.9 Å². The zero-order valence-corrected chi connectivity index (χ0v) is 24.4. The number of carbonyl (C=O) groups is 2. The van der Waals surface area contributed by atoms with Gasteiger partial charge in [-0.2, -0.15) is 0 Å². The molecule has 4 atom stereocenters. The molecule has 0 radical (unpaired) electrons. The van der Waals surface area contributed by atoms with Gasteiger partial charge < -0.3 is 38.3 Å². The molecule has 10 heteroatoms. The van der Waals surface area contributed by atoms with Crippen LogP contribution >= 0.6 is 0 Å². The number of rotatable bonds is 13. The van der Waals surface area contributed by atoms with Crippen LogP contribution in [0.4, 0.5) is 0 Å². The van der Waals surface area contributed by atoms with E-state index in [2.05, 4.69) is 0 Å². The van der Waals surface area contributed by atoms with E-state index in [0.29, 0.717) is 55.3 Å². The molecule has 42 heavy (non-hydrogen) atoms. The Morgan fingerprint density at radius 2 is 1.24 bits per heavy atom. The minimum atomic E-state index is -0.723. The minimum absolute atomic E-state index is 0.0106. The average Bonchev–Trinajstić information content (AvgIpc) is 3.86. The Morgan fingerprint density at radius 1 is 0.762 bits per heavy atom. The van der Waals surface area contributed by atoms with Gasteiger partial charge in [-0.25, -0.2) is 0 Å². The molecule has 2 aliphatic carbocycles. The fourth-order valence-corrected chi connectivity index (χ4v) is 5.15. The van der Waals surface area contributed by atoms with Crippen molar-refractivity contribution in [1.29, 1.82) is 0 Å². The molecule has 2 aromatic carbocycles. The minimum Gasteiger partial charge on any atom is -0.493 e. The summed E-state index contributed by atoms with van der Waals surface area (Å²) >= 11 is 0. The van der Waals surface area contributed by atoms with Crippen LogP contribution in [0.3, 0.4) is 0 Å². The third kappa shape index (κ3) is 7.28. The monoisotopic (exact) mass is 584 g/mol. The van der Waals surface area contributed by atoms with Crippen molar-refractivity contribution in [2.75, 3.05) is 60.5 Å². The van der Waals surface area contributed by atoms with Crippen LogP contribution in [0.5, 0.6) is 23.0 Å². The van der Waals surface area contributed by atoms with Crippen molar-refractivity contribution in [3.05, 3.63) is 47.5 Å². The Bertz CT molecular complexity index is 1240. The summed E-state index contributed by atoms with van der Waals surface area (Å²) in [6.07, 6.45) is 1.56. The Hall–Kier alpha value is -3.50. The van der Waals surface area contributed by atoms with Crippen molar-refractivity contribution in [3.63, 3.8) is 0 Å². The Balaban J connectivity index is 0.000000169. The van der Waals surface area contributed by atoms with Gasteiger partial charge in [0.1, 0.15) is 0 Å². The number of methoxy groups -OCH3 is 2. The SMILES string of the molecule is CCOC(=O)C1CC1c1ccc(OCC2COC2)c(OC)c1.COc1cc(C2CC2C(=O)O)ccc1OCC1COC1. The van der Waals surface area contributed by atoms with Gasteiger partial charge in [-0.05, 0) is 67.0 Å². The van der Waals surface area contributed by atoms with Crippen LogP contribution in [0.2, 0.25) is 0 Å². The number of ether oxygens (including phenoxy) is 7. The van der Waals surface area contributed by atoms with Crippen LogP contribution in [-0.2, 0) is 23.8 Å². The maximum Gasteiger partial charge on any atom is 0.309 e. The first-order chi connectivity index (χ1) is 20.4. The molecule has 4 fully saturated rings. The molecule has 2 aromatic rings. The van der Waals surface area contributed by atoms with E-state index in [-0.39, 0.29) is 29.6 Å². The van der Waals surface area contributed by atoms with Crippen LogP contribution in [0.1, 0.15) is 42.7 Å². The van der Waals surface area contributed by atoms with Crippen molar-refractivity contribution >= 4 is 11.9 Å². The highest BCUT2D eigenvalue weighted by atomic mass is 16.5. The van der Waals surface area contributed by atoms with E-state index in [1.54, 1.807) is 14.2 Å². The second kappa shape index (κ2) is 13.6. The van der Waals surface area contributed by atoms with Crippen LogP contribution in [0.15, 0.2) is 36.4 Å². The number of carboxylic acid groups (broad SMARTS) is 1. The van der Waals surface area contributed by atoms with E-state index < -0.39 is 5.97 Å². The maximum atomic E-state index is 11.7. The number of carboxylic acids is 1. The van der Waals surface area contributed by atoms with Crippen LogP contribution < -0.4 is 18.9 Å². The molecule has 4 aliphatic rings. The average molecular weight is 585 g/mol. The summed E-state index contributed by atoms with van der Waals surface area (Å²) in [4.78, 5) is 22.7. The molecule has 0 bridgehead atoms. The lowest BCUT2D eigenvalue weighted by Crippen LogP contribution is -2.32. The summed E-state index contributed by atoms with van der Waals surface area (Å²) in [5.41, 5.74) is 2.11. The van der Waals surface area contributed by atoms with Gasteiger partial charge in [0.2, 0.25) is 0 Å². The van der Waals surface area contributed by atoms with E-state index in [0.717, 1.165) is 49.7 Å². The summed E-state index contributed by atoms with van der Waals surface area (Å²) in [5.74, 6) is 3.02. The van der Waals surface area contributed by atoms with Gasteiger partial charge >= 0.3 is 11.9 Å². The summed E-state index contributed by atoms with van der Waals surface area (Å²) in [7, 11) is 3.23. The normalized spacial score (nSPS) is 24.2. The van der Waals surface area contributed by atoms with Crippen molar-refractivity contribution in [2.45, 2.75) is 31.6 Å². The zero-order chi connectivity index (χ0) is 29.6. The highest BCUT2D eigenvalue weighted by Gasteiger charge is 2.45. The molecule has 0 aromatic heterocycles. The highest BCUT2D eigenvalue weighted by molar-refractivity contribution is 5.77. The lowest BCUT2D eigenvalue weighted by molar-refractivity contribution is -0.144. The predicted octanol–water partition coefficient (Wildman–Crippen LogP) is 4.30. The first kappa shape index (κ1) is 30.0. The number of hydrogen-bond donors (Lipinski definition) is 1. The Kier molecular flexibility index (Phi) is 9.74. The van der Waals surface area contributed by atoms with Gasteiger partial charge in [0, 0.05) is 11.8 Å². The van der Waals surface area contributed by atoms with Crippen molar-refractivity contribution in [3.8, 4) is 23.0 Å². The smallest absolute Gasteiger partial charge is 0.309 e. The molecule has 10 nitrogen and oxygen atoms in total. The molecule has 2 saturated heterocycles. The van der Waals surface area contributed by atoms with Gasteiger partial charge in [-0.15, -0.1) is 0 Å². The molecule has 0 amide bonds. The molecule has 2 heterocycles. The molecule has 4 unspecified atom stereocenters. The summed E-state index contributed by atoms with van der Waals surface area (Å²) in [6, 6.07) is 11.6. The fourth-order valence-electron chi connectivity index (χ4n) is 5.15. The molecular weight excluding hydrogens is 544 g/mol. The first-order valence-electron chi connectivity index (χ1n) is 14.6. The van der Waals surface area contributed by atoms with Crippen molar-refractivity contribution in [2.24, 2.45) is 23.7 Å². The maximum absolute atomic E-state index is 11.7. The van der Waals surface area contributed by atoms with Crippen LogP contribution in [0, 0.1) is 23.7 Å². The van der Waals surface area contributed by atoms with Gasteiger partial charge in [0.05, 0.1) is 72.3 Å². The van der Waals surface area contributed by atoms with E-state index >= 15 is 0 Å². The first-order valence-corrected chi connectivity index (χ1v) is 14.6. The van der Waals surface area contributed by atoms with E-state index in [4.69, 9.17) is 38.3 Å². The quantitative estimate of drug-likeness (QED) is 0.342. The Labute approximate surface area is 246 Å². The lowest BCUT2D eigenvalue weighted by Gasteiger charge is -2.26. The third-order valence-corrected chi connectivity index (χ3v) is 8.08. The summed E-state index contributed by atoms with van der Waals surface area (Å²) < 4.78 is 37.6. The molecule has 2 aliphatic heterocycles. The van der Waals surface area contributed by atoms with Crippen LogP contribution in [-0.4, -0.2) is 77.5 Å². The molecule has 0 spiro atoms. The highest BCUT2D eigenvalue weighted by Crippen LogP contribution is 2.50. The van der Waals surface area contributed by atoms with E-state index in [1.165, 1.54) is 0 Å².